The highest BCUT2D eigenvalue weighted by atomic mass is 35.5. The summed E-state index contributed by atoms with van der Waals surface area (Å²) in [5.41, 5.74) is 2.92. The summed E-state index contributed by atoms with van der Waals surface area (Å²) in [7, 11) is 0. The van der Waals surface area contributed by atoms with Crippen LogP contribution in [0.15, 0.2) is 73.7 Å². The van der Waals surface area contributed by atoms with Crippen LogP contribution in [-0.4, -0.2) is 49.6 Å². The Hall–Kier alpha value is -4.04. The molecule has 1 aromatic carbocycles. The van der Waals surface area contributed by atoms with Crippen LogP contribution in [0.1, 0.15) is 23.2 Å². The number of likely N-dealkylation sites (tertiary alicyclic amines) is 1. The van der Waals surface area contributed by atoms with E-state index in [4.69, 9.17) is 16.7 Å². The molecule has 0 aliphatic carbocycles. The summed E-state index contributed by atoms with van der Waals surface area (Å²) in [5, 5.41) is 9.05. The lowest BCUT2D eigenvalue weighted by Crippen LogP contribution is -2.40. The zero-order valence-electron chi connectivity index (χ0n) is 19.6. The summed E-state index contributed by atoms with van der Waals surface area (Å²) < 4.78 is 1.92. The SMILES string of the molecule is C=CC(=O)N1CCC[C@H](Cn2nc(-c3ccc(C(=O)Nc4ccccn4)cc3)c3cncc(Cl)c32)C1. The number of nitrogens with zero attached hydrogens (tertiary/aromatic N) is 5. The van der Waals surface area contributed by atoms with Gasteiger partial charge < -0.3 is 10.2 Å². The highest BCUT2D eigenvalue weighted by Crippen LogP contribution is 2.33. The molecule has 4 heterocycles. The van der Waals surface area contributed by atoms with Gasteiger partial charge in [-0.15, -0.1) is 0 Å². The summed E-state index contributed by atoms with van der Waals surface area (Å²) in [6.45, 7) is 5.65. The van der Waals surface area contributed by atoms with Gasteiger partial charge in [-0.05, 0) is 49.1 Å². The van der Waals surface area contributed by atoms with Crippen LogP contribution < -0.4 is 5.32 Å². The molecule has 1 N–H and O–H groups in total. The molecule has 0 radical (unpaired) electrons. The van der Waals surface area contributed by atoms with Crippen molar-refractivity contribution in [2.24, 2.45) is 5.92 Å². The van der Waals surface area contributed by atoms with Crippen LogP contribution in [0.25, 0.3) is 22.2 Å². The van der Waals surface area contributed by atoms with Gasteiger partial charge in [-0.25, -0.2) is 4.98 Å². The van der Waals surface area contributed by atoms with Crippen LogP contribution >= 0.6 is 11.6 Å². The average Bonchev–Trinajstić information content (AvgIpc) is 3.28. The quantitative estimate of drug-likeness (QED) is 0.383. The van der Waals surface area contributed by atoms with Crippen LogP contribution in [0.2, 0.25) is 5.02 Å². The van der Waals surface area contributed by atoms with Crippen LogP contribution in [0.3, 0.4) is 0 Å². The Morgan fingerprint density at radius 3 is 2.75 bits per heavy atom. The number of fused-ring (bicyclic) bond motifs is 1. The van der Waals surface area contributed by atoms with Gasteiger partial charge in [0.15, 0.2) is 0 Å². The Kier molecular flexibility index (Phi) is 6.77. The fourth-order valence-electron chi connectivity index (χ4n) is 4.63. The second-order valence-corrected chi connectivity index (χ2v) is 9.20. The van der Waals surface area contributed by atoms with E-state index in [1.54, 1.807) is 42.9 Å². The molecule has 36 heavy (non-hydrogen) atoms. The Balaban J connectivity index is 1.41. The van der Waals surface area contributed by atoms with Crippen LogP contribution in [0.4, 0.5) is 5.82 Å². The Morgan fingerprint density at radius 1 is 1.17 bits per heavy atom. The third-order valence-electron chi connectivity index (χ3n) is 6.37. The van der Waals surface area contributed by atoms with Crippen LogP contribution in [-0.2, 0) is 11.3 Å². The monoisotopic (exact) mass is 500 g/mol. The minimum Gasteiger partial charge on any atom is -0.339 e. The van der Waals surface area contributed by atoms with Gasteiger partial charge in [0.2, 0.25) is 5.91 Å². The summed E-state index contributed by atoms with van der Waals surface area (Å²) in [5.74, 6) is 0.463. The lowest BCUT2D eigenvalue weighted by molar-refractivity contribution is -0.127. The van der Waals surface area contributed by atoms with Gasteiger partial charge in [0, 0.05) is 54.7 Å². The molecule has 1 atom stereocenters. The summed E-state index contributed by atoms with van der Waals surface area (Å²) in [6.07, 6.45) is 8.31. The fourth-order valence-corrected chi connectivity index (χ4v) is 4.88. The minimum atomic E-state index is -0.240. The van der Waals surface area contributed by atoms with Gasteiger partial charge in [-0.3, -0.25) is 19.3 Å². The maximum Gasteiger partial charge on any atom is 0.256 e. The second-order valence-electron chi connectivity index (χ2n) is 8.79. The number of pyridine rings is 2. The van der Waals surface area contributed by atoms with E-state index >= 15 is 0 Å². The second kappa shape index (κ2) is 10.3. The Morgan fingerprint density at radius 2 is 2.00 bits per heavy atom. The number of amides is 2. The van der Waals surface area contributed by atoms with Crippen molar-refractivity contribution in [3.63, 3.8) is 0 Å². The number of nitrogens with one attached hydrogen (secondary N) is 1. The largest absolute Gasteiger partial charge is 0.339 e. The lowest BCUT2D eigenvalue weighted by Gasteiger charge is -2.32. The van der Waals surface area contributed by atoms with Crippen molar-refractivity contribution >= 4 is 40.1 Å². The number of halogens is 1. The molecule has 1 aliphatic heterocycles. The van der Waals surface area contributed by atoms with Gasteiger partial charge in [0.05, 0.1) is 10.5 Å². The lowest BCUT2D eigenvalue weighted by atomic mass is 9.98. The standard InChI is InChI=1S/C27H25ClN6O2/c1-2-24(35)33-13-5-6-18(16-33)17-34-26-21(14-29-15-22(26)28)25(32-34)19-8-10-20(11-9-19)27(36)31-23-7-3-4-12-30-23/h2-4,7-12,14-15,18H,1,5-6,13,16-17H2,(H,30,31,36)/t18-/m0/s1. The molecule has 2 amide bonds. The van der Waals surface area contributed by atoms with Crippen molar-refractivity contribution in [3.05, 3.63) is 84.3 Å². The zero-order chi connectivity index (χ0) is 25.1. The highest BCUT2D eigenvalue weighted by Gasteiger charge is 2.25. The van der Waals surface area contributed by atoms with E-state index in [1.165, 1.54) is 6.08 Å². The molecule has 0 bridgehead atoms. The first kappa shape index (κ1) is 23.7. The number of rotatable bonds is 6. The van der Waals surface area contributed by atoms with Gasteiger partial charge in [0.25, 0.3) is 5.91 Å². The molecule has 4 aromatic rings. The van der Waals surface area contributed by atoms with E-state index in [-0.39, 0.29) is 17.7 Å². The van der Waals surface area contributed by atoms with E-state index in [0.29, 0.717) is 29.5 Å². The molecule has 0 saturated carbocycles. The van der Waals surface area contributed by atoms with E-state index in [9.17, 15) is 9.59 Å². The van der Waals surface area contributed by atoms with Crippen molar-refractivity contribution in [1.82, 2.24) is 24.6 Å². The molecule has 1 aliphatic rings. The number of carbonyl (C=O) groups is 2. The smallest absolute Gasteiger partial charge is 0.256 e. The van der Waals surface area contributed by atoms with Gasteiger partial charge >= 0.3 is 0 Å². The minimum absolute atomic E-state index is 0.0416. The summed E-state index contributed by atoms with van der Waals surface area (Å²) in [6, 6.07) is 12.6. The number of anilines is 1. The summed E-state index contributed by atoms with van der Waals surface area (Å²) >= 11 is 6.57. The third kappa shape index (κ3) is 4.85. The molecule has 8 nitrogen and oxygen atoms in total. The molecule has 0 unspecified atom stereocenters. The summed E-state index contributed by atoms with van der Waals surface area (Å²) in [4.78, 5) is 35.0. The predicted octanol–water partition coefficient (Wildman–Crippen LogP) is 4.82. The van der Waals surface area contributed by atoms with Crippen molar-refractivity contribution in [3.8, 4) is 11.3 Å². The van der Waals surface area contributed by atoms with Crippen molar-refractivity contribution in [1.29, 1.82) is 0 Å². The van der Waals surface area contributed by atoms with Crippen molar-refractivity contribution in [2.45, 2.75) is 19.4 Å². The maximum atomic E-state index is 12.6. The molecule has 1 fully saturated rings. The van der Waals surface area contributed by atoms with E-state index in [2.05, 4.69) is 21.9 Å². The number of benzene rings is 1. The van der Waals surface area contributed by atoms with Gasteiger partial charge in [-0.1, -0.05) is 36.4 Å². The zero-order valence-corrected chi connectivity index (χ0v) is 20.4. The number of piperidine rings is 1. The Labute approximate surface area is 213 Å². The highest BCUT2D eigenvalue weighted by molar-refractivity contribution is 6.35. The number of hydrogen-bond acceptors (Lipinski definition) is 5. The first-order valence-corrected chi connectivity index (χ1v) is 12.2. The predicted molar refractivity (Wildman–Crippen MR) is 140 cm³/mol. The first-order chi connectivity index (χ1) is 17.5. The topological polar surface area (TPSA) is 93.0 Å². The first-order valence-electron chi connectivity index (χ1n) is 11.8. The van der Waals surface area contributed by atoms with Crippen molar-refractivity contribution < 1.29 is 9.59 Å². The van der Waals surface area contributed by atoms with Crippen LogP contribution in [0, 0.1) is 5.92 Å². The normalized spacial score (nSPS) is 15.6. The average molecular weight is 501 g/mol. The molecule has 182 valence electrons. The van der Waals surface area contributed by atoms with Gasteiger partial charge in [-0.2, -0.15) is 5.10 Å². The number of aromatic nitrogens is 4. The van der Waals surface area contributed by atoms with Crippen molar-refractivity contribution in [2.75, 3.05) is 18.4 Å². The van der Waals surface area contributed by atoms with Crippen LogP contribution in [0.5, 0.6) is 0 Å². The van der Waals surface area contributed by atoms with E-state index in [1.807, 2.05) is 27.8 Å². The maximum absolute atomic E-state index is 12.6. The number of carbonyl (C=O) groups excluding carboxylic acids is 2. The molecule has 0 spiro atoms. The molecule has 1 saturated heterocycles. The molecule has 3 aromatic heterocycles. The third-order valence-corrected chi connectivity index (χ3v) is 6.65. The molecular weight excluding hydrogens is 476 g/mol. The van der Waals surface area contributed by atoms with E-state index in [0.717, 1.165) is 41.5 Å². The van der Waals surface area contributed by atoms with E-state index < -0.39 is 0 Å². The number of hydrogen-bond donors (Lipinski definition) is 1. The Bertz CT molecular complexity index is 1420. The fraction of sp³-hybridized carbons (Fsp3) is 0.222. The van der Waals surface area contributed by atoms with Gasteiger partial charge in [0.1, 0.15) is 11.5 Å². The molecule has 9 heteroatoms. The molecule has 5 rings (SSSR count). The molecular formula is C27H25ClN6O2.